The van der Waals surface area contributed by atoms with Gasteiger partial charge in [0.15, 0.2) is 0 Å². The molecule has 104 valence electrons. The van der Waals surface area contributed by atoms with Crippen LogP contribution in [0.1, 0.15) is 37.0 Å². The summed E-state index contributed by atoms with van der Waals surface area (Å²) in [5.41, 5.74) is 8.47. The summed E-state index contributed by atoms with van der Waals surface area (Å²) in [5, 5.41) is 2.62. The Morgan fingerprint density at radius 2 is 2.16 bits per heavy atom. The Morgan fingerprint density at radius 3 is 2.79 bits per heavy atom. The number of benzene rings is 1. The molecule has 0 radical (unpaired) electrons. The fourth-order valence-corrected chi connectivity index (χ4v) is 2.78. The molecule has 2 unspecified atom stereocenters. The molecule has 19 heavy (non-hydrogen) atoms. The van der Waals surface area contributed by atoms with E-state index in [0.717, 1.165) is 12.2 Å². The Bertz CT molecular complexity index is 472. The van der Waals surface area contributed by atoms with Gasteiger partial charge in [0.25, 0.3) is 5.91 Å². The van der Waals surface area contributed by atoms with E-state index in [1.54, 1.807) is 13.1 Å². The van der Waals surface area contributed by atoms with Gasteiger partial charge in [-0.25, -0.2) is 0 Å². The van der Waals surface area contributed by atoms with Gasteiger partial charge in [-0.2, -0.15) is 0 Å². The van der Waals surface area contributed by atoms with Crippen LogP contribution in [0.15, 0.2) is 18.2 Å². The van der Waals surface area contributed by atoms with Crippen molar-refractivity contribution in [3.63, 3.8) is 0 Å². The first-order chi connectivity index (χ1) is 9.04. The minimum Gasteiger partial charge on any atom is -0.397 e. The standard InChI is InChI=1S/C15H23N3O/c1-10-5-4-8-18(11(10)2)14-7-6-12(9-13(14)16)15(19)17-3/h6-7,9-11H,4-5,8,16H2,1-3H3,(H,17,19). The summed E-state index contributed by atoms with van der Waals surface area (Å²) in [4.78, 5) is 13.9. The van der Waals surface area contributed by atoms with E-state index in [1.807, 2.05) is 12.1 Å². The first-order valence-electron chi connectivity index (χ1n) is 6.93. The highest BCUT2D eigenvalue weighted by Crippen LogP contribution is 2.32. The highest BCUT2D eigenvalue weighted by Gasteiger charge is 2.26. The molecule has 1 fully saturated rings. The van der Waals surface area contributed by atoms with Crippen molar-refractivity contribution in [2.24, 2.45) is 5.92 Å². The maximum Gasteiger partial charge on any atom is 0.251 e. The van der Waals surface area contributed by atoms with Gasteiger partial charge >= 0.3 is 0 Å². The van der Waals surface area contributed by atoms with E-state index in [-0.39, 0.29) is 5.91 Å². The topological polar surface area (TPSA) is 58.4 Å². The molecule has 1 aliphatic rings. The molecule has 0 saturated carbocycles. The highest BCUT2D eigenvalue weighted by molar-refractivity contribution is 5.96. The lowest BCUT2D eigenvalue weighted by molar-refractivity contribution is 0.0963. The van der Waals surface area contributed by atoms with Crippen LogP contribution in [0.5, 0.6) is 0 Å². The molecule has 1 aromatic carbocycles. The van der Waals surface area contributed by atoms with Gasteiger partial charge in [-0.1, -0.05) is 6.92 Å². The Morgan fingerprint density at radius 1 is 1.42 bits per heavy atom. The van der Waals surface area contributed by atoms with Gasteiger partial charge in [-0.3, -0.25) is 4.79 Å². The summed E-state index contributed by atoms with van der Waals surface area (Å²) in [6, 6.07) is 6.06. The van der Waals surface area contributed by atoms with Crippen LogP contribution in [0.25, 0.3) is 0 Å². The highest BCUT2D eigenvalue weighted by atomic mass is 16.1. The summed E-state index contributed by atoms with van der Waals surface area (Å²) in [7, 11) is 1.63. The van der Waals surface area contributed by atoms with Crippen molar-refractivity contribution in [1.29, 1.82) is 0 Å². The Balaban J connectivity index is 2.28. The number of rotatable bonds is 2. The molecule has 1 aliphatic heterocycles. The van der Waals surface area contributed by atoms with Crippen LogP contribution < -0.4 is 16.0 Å². The number of nitrogens with one attached hydrogen (secondary N) is 1. The fourth-order valence-electron chi connectivity index (χ4n) is 2.78. The number of nitrogens with zero attached hydrogens (tertiary/aromatic N) is 1. The zero-order chi connectivity index (χ0) is 14.0. The van der Waals surface area contributed by atoms with Crippen molar-refractivity contribution in [2.75, 3.05) is 24.2 Å². The maximum atomic E-state index is 11.6. The monoisotopic (exact) mass is 261 g/mol. The average molecular weight is 261 g/mol. The minimum absolute atomic E-state index is 0.0988. The van der Waals surface area contributed by atoms with Gasteiger partial charge in [0, 0.05) is 25.2 Å². The Hall–Kier alpha value is -1.71. The lowest BCUT2D eigenvalue weighted by Crippen LogP contribution is -2.42. The third-order valence-electron chi connectivity index (χ3n) is 4.20. The lowest BCUT2D eigenvalue weighted by atomic mass is 9.91. The SMILES string of the molecule is CNC(=O)c1ccc(N2CCCC(C)C2C)c(N)c1. The molecular weight excluding hydrogens is 238 g/mol. The quantitative estimate of drug-likeness (QED) is 0.803. The number of amides is 1. The first kappa shape index (κ1) is 13.7. The van der Waals surface area contributed by atoms with Crippen LogP contribution in [-0.2, 0) is 0 Å². The van der Waals surface area contributed by atoms with Crippen molar-refractivity contribution in [3.05, 3.63) is 23.8 Å². The molecule has 1 heterocycles. The number of carbonyl (C=O) groups excluding carboxylic acids is 1. The molecule has 3 N–H and O–H groups in total. The predicted octanol–water partition coefficient (Wildman–Crippen LogP) is 2.25. The van der Waals surface area contributed by atoms with E-state index >= 15 is 0 Å². The first-order valence-corrected chi connectivity index (χ1v) is 6.93. The van der Waals surface area contributed by atoms with Gasteiger partial charge in [0.1, 0.15) is 0 Å². The molecule has 1 amide bonds. The normalized spacial score (nSPS) is 23.2. The summed E-state index contributed by atoms with van der Waals surface area (Å²) in [6.45, 7) is 5.57. The molecule has 0 aliphatic carbocycles. The molecule has 0 aromatic heterocycles. The molecule has 2 atom stereocenters. The van der Waals surface area contributed by atoms with Crippen molar-refractivity contribution >= 4 is 17.3 Å². The number of piperidine rings is 1. The number of nitrogens with two attached hydrogens (primary N) is 1. The van der Waals surface area contributed by atoms with Crippen LogP contribution in [0.2, 0.25) is 0 Å². The largest absolute Gasteiger partial charge is 0.397 e. The van der Waals surface area contributed by atoms with Crippen molar-refractivity contribution in [3.8, 4) is 0 Å². The van der Waals surface area contributed by atoms with Gasteiger partial charge in [-0.15, -0.1) is 0 Å². The smallest absolute Gasteiger partial charge is 0.251 e. The van der Waals surface area contributed by atoms with E-state index < -0.39 is 0 Å². The second-order valence-electron chi connectivity index (χ2n) is 5.41. The summed E-state index contributed by atoms with van der Waals surface area (Å²) >= 11 is 0. The summed E-state index contributed by atoms with van der Waals surface area (Å²) < 4.78 is 0. The molecule has 0 bridgehead atoms. The van der Waals surface area contributed by atoms with E-state index in [0.29, 0.717) is 23.2 Å². The van der Waals surface area contributed by atoms with Crippen LogP contribution in [-0.4, -0.2) is 25.5 Å². The van der Waals surface area contributed by atoms with Crippen LogP contribution in [0.3, 0.4) is 0 Å². The fraction of sp³-hybridized carbons (Fsp3) is 0.533. The third kappa shape index (κ3) is 2.67. The second-order valence-corrected chi connectivity index (χ2v) is 5.41. The molecule has 1 saturated heterocycles. The Kier molecular flexibility index (Phi) is 3.98. The zero-order valence-electron chi connectivity index (χ0n) is 11.9. The van der Waals surface area contributed by atoms with E-state index in [2.05, 4.69) is 24.1 Å². The summed E-state index contributed by atoms with van der Waals surface area (Å²) in [5.74, 6) is 0.574. The molecule has 1 aromatic rings. The van der Waals surface area contributed by atoms with Crippen LogP contribution in [0.4, 0.5) is 11.4 Å². The molecule has 4 heteroatoms. The van der Waals surface area contributed by atoms with E-state index in [9.17, 15) is 4.79 Å². The minimum atomic E-state index is -0.0988. The molecule has 4 nitrogen and oxygen atoms in total. The second kappa shape index (κ2) is 5.51. The third-order valence-corrected chi connectivity index (χ3v) is 4.20. The Labute approximate surface area is 115 Å². The predicted molar refractivity (Wildman–Crippen MR) is 79.5 cm³/mol. The number of carbonyl (C=O) groups is 1. The van der Waals surface area contributed by atoms with Crippen LogP contribution >= 0.6 is 0 Å². The summed E-state index contributed by atoms with van der Waals surface area (Å²) in [6.07, 6.45) is 2.47. The van der Waals surface area contributed by atoms with Crippen molar-refractivity contribution in [2.45, 2.75) is 32.7 Å². The molecule has 0 spiro atoms. The van der Waals surface area contributed by atoms with Gasteiger partial charge < -0.3 is 16.0 Å². The zero-order valence-corrected chi connectivity index (χ0v) is 11.9. The molecular formula is C15H23N3O. The van der Waals surface area contributed by atoms with E-state index in [4.69, 9.17) is 5.73 Å². The number of nitrogen functional groups attached to an aromatic ring is 1. The number of hydrogen-bond donors (Lipinski definition) is 2. The molecule has 2 rings (SSSR count). The van der Waals surface area contributed by atoms with Crippen molar-refractivity contribution < 1.29 is 4.79 Å². The van der Waals surface area contributed by atoms with Crippen LogP contribution in [0, 0.1) is 5.92 Å². The number of anilines is 2. The maximum absolute atomic E-state index is 11.6. The van der Waals surface area contributed by atoms with Gasteiger partial charge in [-0.05, 0) is 43.9 Å². The average Bonchev–Trinajstić information content (AvgIpc) is 2.41. The van der Waals surface area contributed by atoms with Gasteiger partial charge in [0.2, 0.25) is 0 Å². The van der Waals surface area contributed by atoms with Gasteiger partial charge in [0.05, 0.1) is 11.4 Å². The van der Waals surface area contributed by atoms with E-state index in [1.165, 1.54) is 12.8 Å². The van der Waals surface area contributed by atoms with Crippen molar-refractivity contribution in [1.82, 2.24) is 5.32 Å². The number of hydrogen-bond acceptors (Lipinski definition) is 3. The lowest BCUT2D eigenvalue weighted by Gasteiger charge is -2.40.